The van der Waals surface area contributed by atoms with Crippen molar-refractivity contribution in [1.29, 1.82) is 0 Å². The van der Waals surface area contributed by atoms with Gasteiger partial charge in [-0.2, -0.15) is 16.8 Å². The first kappa shape index (κ1) is 45.3. The van der Waals surface area contributed by atoms with E-state index in [4.69, 9.17) is 9.41 Å². The smallest absolute Gasteiger partial charge is 0.319 e. The largest absolute Gasteiger partial charge is 0.456 e. The quantitative estimate of drug-likeness (QED) is 0.0509. The topological polar surface area (TPSA) is 229 Å². The molecule has 0 saturated carbocycles. The number of aryl methyl sites for hydroxylation is 4. The highest BCUT2D eigenvalue weighted by atomic mass is 32.2. The van der Waals surface area contributed by atoms with Crippen LogP contribution in [0.25, 0.3) is 33.4 Å². The summed E-state index contributed by atoms with van der Waals surface area (Å²) in [5.74, 6) is 0.0587. The molecule has 0 radical (unpaired) electrons. The maximum atomic E-state index is 13.2. The van der Waals surface area contributed by atoms with E-state index in [9.17, 15) is 35.5 Å². The number of hydrogen-bond donors (Lipinski definition) is 7. The highest BCUT2D eigenvalue weighted by molar-refractivity contribution is 7.86. The van der Waals surface area contributed by atoms with Crippen LogP contribution in [0, 0.1) is 41.5 Å². The molecule has 0 unspecified atom stereocenters. The summed E-state index contributed by atoms with van der Waals surface area (Å²) in [4.78, 5) is 29.2. The molecule has 0 saturated heterocycles. The summed E-state index contributed by atoms with van der Waals surface area (Å²) in [7, 11) is -9.82. The van der Waals surface area contributed by atoms with Gasteiger partial charge in [-0.05, 0) is 127 Å². The molecule has 4 aromatic carbocycles. The Hall–Kier alpha value is -6.27. The second-order valence-corrected chi connectivity index (χ2v) is 18.7. The van der Waals surface area contributed by atoms with E-state index in [1.165, 1.54) is 24.3 Å². The summed E-state index contributed by atoms with van der Waals surface area (Å²) in [6.45, 7) is 18.4. The van der Waals surface area contributed by atoms with Crippen molar-refractivity contribution >= 4 is 71.7 Å². The van der Waals surface area contributed by atoms with Gasteiger partial charge in [0.25, 0.3) is 20.2 Å². The number of rotatable bonds is 10. The number of nitrogens with zero attached hydrogens (tertiary/aromatic N) is 1. The third-order valence-electron chi connectivity index (χ3n) is 10.2. The number of benzene rings is 5. The van der Waals surface area contributed by atoms with Gasteiger partial charge < -0.3 is 31.0 Å². The summed E-state index contributed by atoms with van der Waals surface area (Å²) in [6.07, 6.45) is 0. The van der Waals surface area contributed by atoms with Crippen LogP contribution in [-0.2, 0) is 20.2 Å². The van der Waals surface area contributed by atoms with Gasteiger partial charge in [-0.25, -0.2) is 14.6 Å². The molecule has 17 heteroatoms. The molecule has 1 heterocycles. The van der Waals surface area contributed by atoms with Crippen molar-refractivity contribution < 1.29 is 39.9 Å². The number of hydrogen-bond acceptors (Lipinski definition) is 9. The van der Waals surface area contributed by atoms with Crippen molar-refractivity contribution in [2.75, 3.05) is 16.0 Å². The SMILES string of the molecule is Cc1cc(C)c(NC(=O)NC(C)C)c(C)c1N=c1cc2oc3cc(Nc4c(C)cc(C)c(NC(=O)NC(C)C)c4C)ccc3c(-c3ccccc3S(=O)(=O)O)c-2cc1S(=O)(=O)O. The third-order valence-corrected chi connectivity index (χ3v) is 12.0. The van der Waals surface area contributed by atoms with Crippen LogP contribution < -0.4 is 31.9 Å². The zero-order valence-corrected chi connectivity index (χ0v) is 37.7. The highest BCUT2D eigenvalue weighted by Crippen LogP contribution is 2.44. The Morgan fingerprint density at radius 1 is 0.629 bits per heavy atom. The van der Waals surface area contributed by atoms with Gasteiger partial charge >= 0.3 is 12.1 Å². The van der Waals surface area contributed by atoms with E-state index < -0.39 is 36.1 Å². The fourth-order valence-electron chi connectivity index (χ4n) is 7.66. The van der Waals surface area contributed by atoms with Crippen LogP contribution in [0.3, 0.4) is 0 Å². The van der Waals surface area contributed by atoms with Gasteiger partial charge in [0.05, 0.1) is 22.4 Å². The molecule has 4 amide bonds. The number of anilines is 4. The second kappa shape index (κ2) is 17.2. The molecule has 1 aliphatic carbocycles. The maximum absolute atomic E-state index is 13.2. The maximum Gasteiger partial charge on any atom is 0.319 e. The number of amides is 4. The normalized spacial score (nSPS) is 12.3. The van der Waals surface area contributed by atoms with Crippen molar-refractivity contribution in [2.45, 2.75) is 91.1 Å². The van der Waals surface area contributed by atoms with Crippen LogP contribution in [0.5, 0.6) is 0 Å². The molecule has 326 valence electrons. The fourth-order valence-corrected chi connectivity index (χ4v) is 9.00. The van der Waals surface area contributed by atoms with Gasteiger partial charge in [-0.3, -0.25) is 9.11 Å². The minimum absolute atomic E-state index is 0.0358. The molecule has 62 heavy (non-hydrogen) atoms. The Balaban J connectivity index is 1.64. The molecule has 4 aromatic rings. The van der Waals surface area contributed by atoms with Crippen LogP contribution >= 0.6 is 0 Å². The average Bonchev–Trinajstić information content (AvgIpc) is 3.15. The van der Waals surface area contributed by atoms with Crippen LogP contribution in [-0.4, -0.2) is 50.1 Å². The van der Waals surface area contributed by atoms with Crippen molar-refractivity contribution in [3.8, 4) is 22.5 Å². The monoisotopic (exact) mass is 882 g/mol. The van der Waals surface area contributed by atoms with Crippen LogP contribution in [0.4, 0.5) is 38.0 Å². The van der Waals surface area contributed by atoms with E-state index in [0.717, 1.165) is 28.3 Å². The number of carbonyl (C=O) groups is 2. The standard InChI is InChI=1S/C45H50N6O9S2/c1-22(2)46-44(52)50-42-26(7)17-24(5)40(28(42)9)48-30-15-16-31-35(19-30)60-36-21-34(49-41-25(6)18-27(8)43(29(41)10)51-45(53)47-23(3)4)38(62(57,58)59)20-33(36)39(31)32-13-11-12-14-37(32)61(54,55)56/h11-23,48H,1-10H3,(H2,46,50,52)(H2,47,51,53)(H,54,55,56)(H,57,58,59). The van der Waals surface area contributed by atoms with E-state index in [1.807, 2.05) is 61.5 Å². The Labute approximate surface area is 360 Å². The summed E-state index contributed by atoms with van der Waals surface area (Å²) < 4.78 is 79.7. The fraction of sp³-hybridized carbons (Fsp3) is 0.267. The molecule has 1 aliphatic heterocycles. The Kier molecular flexibility index (Phi) is 12.6. The zero-order chi connectivity index (χ0) is 45.6. The summed E-state index contributed by atoms with van der Waals surface area (Å²) in [6, 6.07) is 16.0. The molecule has 6 rings (SSSR count). The van der Waals surface area contributed by atoms with Crippen LogP contribution in [0.1, 0.15) is 61.1 Å². The van der Waals surface area contributed by atoms with Gasteiger partial charge in [-0.1, -0.05) is 30.3 Å². The van der Waals surface area contributed by atoms with Crippen molar-refractivity contribution in [3.05, 3.63) is 105 Å². The molecule has 0 aromatic heterocycles. The predicted molar refractivity (Wildman–Crippen MR) is 242 cm³/mol. The minimum Gasteiger partial charge on any atom is -0.456 e. The molecule has 2 aliphatic rings. The van der Waals surface area contributed by atoms with Crippen LogP contribution in [0.15, 0.2) is 85.9 Å². The molecular formula is C45H50N6O9S2. The van der Waals surface area contributed by atoms with Gasteiger partial charge in [-0.15, -0.1) is 0 Å². The molecular weight excluding hydrogens is 833 g/mol. The highest BCUT2D eigenvalue weighted by Gasteiger charge is 2.27. The molecule has 0 bridgehead atoms. The predicted octanol–water partition coefficient (Wildman–Crippen LogP) is 9.58. The third kappa shape index (κ3) is 9.45. The Morgan fingerprint density at radius 3 is 1.76 bits per heavy atom. The van der Waals surface area contributed by atoms with Gasteiger partial charge in [0.1, 0.15) is 21.1 Å². The Bertz CT molecular complexity index is 3070. The lowest BCUT2D eigenvalue weighted by Crippen LogP contribution is -2.34. The molecule has 0 fully saturated rings. The summed E-state index contributed by atoms with van der Waals surface area (Å²) >= 11 is 0. The minimum atomic E-state index is -5.01. The first-order chi connectivity index (χ1) is 28.9. The van der Waals surface area contributed by atoms with E-state index in [1.54, 1.807) is 44.2 Å². The van der Waals surface area contributed by atoms with Gasteiger partial charge in [0, 0.05) is 57.7 Å². The second-order valence-electron chi connectivity index (χ2n) is 15.9. The number of nitrogens with one attached hydrogen (secondary N) is 5. The van der Waals surface area contributed by atoms with Crippen molar-refractivity contribution in [1.82, 2.24) is 10.6 Å². The van der Waals surface area contributed by atoms with E-state index in [0.29, 0.717) is 45.0 Å². The lowest BCUT2D eigenvalue weighted by atomic mass is 9.93. The zero-order valence-electron chi connectivity index (χ0n) is 36.0. The van der Waals surface area contributed by atoms with Gasteiger partial charge in [0.2, 0.25) is 0 Å². The van der Waals surface area contributed by atoms with Crippen molar-refractivity contribution in [3.63, 3.8) is 0 Å². The molecule has 7 N–H and O–H groups in total. The lowest BCUT2D eigenvalue weighted by molar-refractivity contribution is 0.249. The number of carbonyl (C=O) groups excluding carboxylic acids is 2. The molecule has 0 atom stereocenters. The Morgan fingerprint density at radius 2 is 1.18 bits per heavy atom. The average molecular weight is 883 g/mol. The van der Waals surface area contributed by atoms with Gasteiger partial charge in [0.15, 0.2) is 0 Å². The summed E-state index contributed by atoms with van der Waals surface area (Å²) in [5.41, 5.74) is 7.64. The molecule has 15 nitrogen and oxygen atoms in total. The van der Waals surface area contributed by atoms with Crippen LogP contribution in [0.2, 0.25) is 0 Å². The van der Waals surface area contributed by atoms with E-state index in [2.05, 4.69) is 26.6 Å². The number of fused-ring (bicyclic) bond motifs is 2. The van der Waals surface area contributed by atoms with Crippen molar-refractivity contribution in [2.24, 2.45) is 4.99 Å². The lowest BCUT2D eigenvalue weighted by Gasteiger charge is -2.21. The molecule has 0 spiro atoms. The first-order valence-electron chi connectivity index (χ1n) is 19.7. The first-order valence-corrected chi connectivity index (χ1v) is 22.6. The summed E-state index contributed by atoms with van der Waals surface area (Å²) in [5, 5.41) is 15.0. The van der Waals surface area contributed by atoms with E-state index in [-0.39, 0.29) is 51.5 Å². The number of urea groups is 2. The van der Waals surface area contributed by atoms with E-state index >= 15 is 0 Å².